The standard InChI is InChI=1S/C10H18N4O/c1-15-5-4-13-3-2-10(6-13)7-14-8-11-12-9-14/h8-10H,2-7H2,1H3/t10-/m0/s1. The zero-order chi connectivity index (χ0) is 10.5. The molecule has 0 N–H and O–H groups in total. The molecule has 0 aliphatic carbocycles. The molecule has 0 radical (unpaired) electrons. The fourth-order valence-corrected chi connectivity index (χ4v) is 2.10. The molecule has 0 bridgehead atoms. The summed E-state index contributed by atoms with van der Waals surface area (Å²) in [4.78, 5) is 2.46. The van der Waals surface area contributed by atoms with Gasteiger partial charge in [-0.15, -0.1) is 10.2 Å². The molecule has 15 heavy (non-hydrogen) atoms. The third-order valence-corrected chi connectivity index (χ3v) is 2.92. The second-order valence-electron chi connectivity index (χ2n) is 4.11. The molecule has 1 aromatic rings. The molecule has 5 nitrogen and oxygen atoms in total. The van der Waals surface area contributed by atoms with E-state index in [4.69, 9.17) is 4.74 Å². The minimum Gasteiger partial charge on any atom is -0.383 e. The maximum Gasteiger partial charge on any atom is 0.119 e. The Hall–Kier alpha value is -0.940. The van der Waals surface area contributed by atoms with Crippen LogP contribution in [-0.4, -0.2) is 53.0 Å². The number of hydrogen-bond acceptors (Lipinski definition) is 4. The molecule has 1 aromatic heterocycles. The number of likely N-dealkylation sites (tertiary alicyclic amines) is 1. The van der Waals surface area contributed by atoms with Gasteiger partial charge in [-0.25, -0.2) is 0 Å². The molecule has 0 aromatic carbocycles. The monoisotopic (exact) mass is 210 g/mol. The van der Waals surface area contributed by atoms with Gasteiger partial charge in [-0.1, -0.05) is 0 Å². The first kappa shape index (κ1) is 10.6. The van der Waals surface area contributed by atoms with Crippen molar-refractivity contribution < 1.29 is 4.74 Å². The van der Waals surface area contributed by atoms with E-state index < -0.39 is 0 Å². The maximum atomic E-state index is 5.08. The summed E-state index contributed by atoms with van der Waals surface area (Å²) in [6.07, 6.45) is 4.84. The molecule has 84 valence electrons. The Bertz CT molecular complexity index is 275. The lowest BCUT2D eigenvalue weighted by Gasteiger charge is -2.15. The van der Waals surface area contributed by atoms with Crippen LogP contribution in [0, 0.1) is 5.92 Å². The van der Waals surface area contributed by atoms with Crippen molar-refractivity contribution in [2.24, 2.45) is 5.92 Å². The number of ether oxygens (including phenoxy) is 1. The fourth-order valence-electron chi connectivity index (χ4n) is 2.10. The molecular formula is C10H18N4O. The molecular weight excluding hydrogens is 192 g/mol. The number of methoxy groups -OCH3 is 1. The van der Waals surface area contributed by atoms with E-state index in [0.717, 1.165) is 25.6 Å². The largest absolute Gasteiger partial charge is 0.383 e. The van der Waals surface area contributed by atoms with Crippen LogP contribution in [0.3, 0.4) is 0 Å². The van der Waals surface area contributed by atoms with Gasteiger partial charge in [0.25, 0.3) is 0 Å². The zero-order valence-corrected chi connectivity index (χ0v) is 9.17. The number of hydrogen-bond donors (Lipinski definition) is 0. The Kier molecular flexibility index (Phi) is 3.69. The van der Waals surface area contributed by atoms with Crippen LogP contribution in [0.2, 0.25) is 0 Å². The summed E-state index contributed by atoms with van der Waals surface area (Å²) in [7, 11) is 1.75. The highest BCUT2D eigenvalue weighted by Crippen LogP contribution is 2.17. The molecule has 1 aliphatic heterocycles. The van der Waals surface area contributed by atoms with Crippen LogP contribution < -0.4 is 0 Å². The molecule has 5 heteroatoms. The molecule has 0 spiro atoms. The van der Waals surface area contributed by atoms with Crippen molar-refractivity contribution in [2.45, 2.75) is 13.0 Å². The molecule has 0 unspecified atom stereocenters. The lowest BCUT2D eigenvalue weighted by atomic mass is 10.1. The predicted molar refractivity (Wildman–Crippen MR) is 56.4 cm³/mol. The lowest BCUT2D eigenvalue weighted by molar-refractivity contribution is 0.158. The highest BCUT2D eigenvalue weighted by atomic mass is 16.5. The van der Waals surface area contributed by atoms with Crippen molar-refractivity contribution in [3.05, 3.63) is 12.7 Å². The van der Waals surface area contributed by atoms with Gasteiger partial charge in [0.2, 0.25) is 0 Å². The summed E-state index contributed by atoms with van der Waals surface area (Å²) in [5.41, 5.74) is 0. The molecule has 2 rings (SSSR count). The summed E-state index contributed by atoms with van der Waals surface area (Å²) in [5, 5.41) is 7.62. The van der Waals surface area contributed by atoms with Crippen LogP contribution in [0.1, 0.15) is 6.42 Å². The minimum atomic E-state index is 0.734. The Labute approximate surface area is 90.0 Å². The number of nitrogens with zero attached hydrogens (tertiary/aromatic N) is 4. The van der Waals surface area contributed by atoms with Crippen molar-refractivity contribution >= 4 is 0 Å². The second-order valence-corrected chi connectivity index (χ2v) is 4.11. The van der Waals surface area contributed by atoms with E-state index in [1.54, 1.807) is 19.8 Å². The summed E-state index contributed by atoms with van der Waals surface area (Å²) in [6.45, 7) is 5.28. The van der Waals surface area contributed by atoms with E-state index in [9.17, 15) is 0 Å². The highest BCUT2D eigenvalue weighted by Gasteiger charge is 2.22. The topological polar surface area (TPSA) is 43.2 Å². The van der Waals surface area contributed by atoms with Gasteiger partial charge in [0.1, 0.15) is 12.7 Å². The Morgan fingerprint density at radius 3 is 2.93 bits per heavy atom. The minimum absolute atomic E-state index is 0.734. The third-order valence-electron chi connectivity index (χ3n) is 2.92. The zero-order valence-electron chi connectivity index (χ0n) is 9.17. The summed E-state index contributed by atoms with van der Waals surface area (Å²) in [5.74, 6) is 0.734. The van der Waals surface area contributed by atoms with Crippen molar-refractivity contribution in [1.29, 1.82) is 0 Å². The summed E-state index contributed by atoms with van der Waals surface area (Å²) in [6, 6.07) is 0. The van der Waals surface area contributed by atoms with Gasteiger partial charge in [0.15, 0.2) is 0 Å². The molecule has 1 saturated heterocycles. The van der Waals surface area contributed by atoms with Gasteiger partial charge in [-0.05, 0) is 18.9 Å². The second kappa shape index (κ2) is 5.23. The van der Waals surface area contributed by atoms with E-state index in [1.807, 2.05) is 0 Å². The van der Waals surface area contributed by atoms with E-state index in [0.29, 0.717) is 0 Å². The van der Waals surface area contributed by atoms with E-state index in [-0.39, 0.29) is 0 Å². The molecule has 0 amide bonds. The highest BCUT2D eigenvalue weighted by molar-refractivity contribution is 4.76. The molecule has 2 heterocycles. The van der Waals surface area contributed by atoms with E-state index in [2.05, 4.69) is 19.7 Å². The first-order chi connectivity index (χ1) is 7.38. The maximum absolute atomic E-state index is 5.08. The van der Waals surface area contributed by atoms with Crippen LogP contribution in [0.5, 0.6) is 0 Å². The van der Waals surface area contributed by atoms with Crippen molar-refractivity contribution in [3.63, 3.8) is 0 Å². The van der Waals surface area contributed by atoms with Crippen molar-refractivity contribution in [1.82, 2.24) is 19.7 Å². The Morgan fingerprint density at radius 1 is 1.40 bits per heavy atom. The van der Waals surface area contributed by atoms with Crippen molar-refractivity contribution in [3.8, 4) is 0 Å². The fraction of sp³-hybridized carbons (Fsp3) is 0.800. The Morgan fingerprint density at radius 2 is 2.20 bits per heavy atom. The van der Waals surface area contributed by atoms with Gasteiger partial charge < -0.3 is 14.2 Å². The van der Waals surface area contributed by atoms with Gasteiger partial charge in [-0.3, -0.25) is 0 Å². The molecule has 1 fully saturated rings. The van der Waals surface area contributed by atoms with E-state index in [1.165, 1.54) is 19.5 Å². The average molecular weight is 210 g/mol. The van der Waals surface area contributed by atoms with Crippen LogP contribution in [0.15, 0.2) is 12.7 Å². The first-order valence-corrected chi connectivity index (χ1v) is 5.42. The average Bonchev–Trinajstić information content (AvgIpc) is 2.87. The Balaban J connectivity index is 1.73. The van der Waals surface area contributed by atoms with Crippen LogP contribution in [0.25, 0.3) is 0 Å². The van der Waals surface area contributed by atoms with Gasteiger partial charge in [0, 0.05) is 26.7 Å². The molecule has 1 aliphatic rings. The first-order valence-electron chi connectivity index (χ1n) is 5.42. The number of aromatic nitrogens is 3. The van der Waals surface area contributed by atoms with Crippen LogP contribution in [0.4, 0.5) is 0 Å². The smallest absolute Gasteiger partial charge is 0.119 e. The lowest BCUT2D eigenvalue weighted by Crippen LogP contribution is -2.25. The van der Waals surface area contributed by atoms with Crippen LogP contribution in [-0.2, 0) is 11.3 Å². The van der Waals surface area contributed by atoms with Crippen LogP contribution >= 0.6 is 0 Å². The normalized spacial score (nSPS) is 22.3. The van der Waals surface area contributed by atoms with E-state index >= 15 is 0 Å². The molecule has 0 saturated carbocycles. The van der Waals surface area contributed by atoms with Gasteiger partial charge in [0.05, 0.1) is 6.61 Å². The number of rotatable bonds is 5. The predicted octanol–water partition coefficient (Wildman–Crippen LogP) is 0.246. The quantitative estimate of drug-likeness (QED) is 0.698. The summed E-state index contributed by atoms with van der Waals surface area (Å²) < 4.78 is 7.14. The van der Waals surface area contributed by atoms with Gasteiger partial charge >= 0.3 is 0 Å². The molecule has 1 atom stereocenters. The SMILES string of the molecule is COCCN1CC[C@H](Cn2cnnc2)C1. The summed E-state index contributed by atoms with van der Waals surface area (Å²) >= 11 is 0. The van der Waals surface area contributed by atoms with Crippen molar-refractivity contribution in [2.75, 3.05) is 33.4 Å². The van der Waals surface area contributed by atoms with Gasteiger partial charge in [-0.2, -0.15) is 0 Å². The third kappa shape index (κ3) is 3.00.